The van der Waals surface area contributed by atoms with E-state index in [1.165, 1.54) is 5.70 Å². The molecule has 3 aliphatic heterocycles. The first-order chi connectivity index (χ1) is 16.5. The Morgan fingerprint density at radius 3 is 2.79 bits per heavy atom. The number of halogens is 1. The van der Waals surface area contributed by atoms with E-state index >= 15 is 4.39 Å². The number of benzene rings is 1. The molecule has 0 aromatic heterocycles. The van der Waals surface area contributed by atoms with Crippen molar-refractivity contribution in [2.24, 2.45) is 22.7 Å². The fourth-order valence-electron chi connectivity index (χ4n) is 5.99. The van der Waals surface area contributed by atoms with E-state index in [4.69, 9.17) is 4.99 Å². The molecule has 34 heavy (non-hydrogen) atoms. The highest BCUT2D eigenvalue weighted by Crippen LogP contribution is 2.47. The third kappa shape index (κ3) is 3.23. The standard InChI is InChI=1S/C27H29FN4O2/c28-22-12-19(18-4-6-23-20(11-18)7-10-29-23)3-5-21(22)24-30-27(8-9-27)26(34)32(24)15-16-13-31(14-16)25(33)17-1-2-17/h3,5-7,10,12,16-18,20,29H,1-2,4,8-9,11,13-15H2. The summed E-state index contributed by atoms with van der Waals surface area (Å²) in [6, 6.07) is 5.47. The number of carbonyl (C=O) groups excluding carboxylic acids is 2. The van der Waals surface area contributed by atoms with Crippen molar-refractivity contribution in [3.8, 4) is 0 Å². The maximum Gasteiger partial charge on any atom is 0.256 e. The van der Waals surface area contributed by atoms with Gasteiger partial charge >= 0.3 is 0 Å². The molecular formula is C27H29FN4O2. The molecule has 3 heterocycles. The molecule has 1 aromatic carbocycles. The Morgan fingerprint density at radius 2 is 2.06 bits per heavy atom. The zero-order valence-corrected chi connectivity index (χ0v) is 19.2. The number of amidine groups is 1. The number of hydrogen-bond donors (Lipinski definition) is 1. The largest absolute Gasteiger partial charge is 0.365 e. The van der Waals surface area contributed by atoms with Crippen LogP contribution in [0.3, 0.4) is 0 Å². The lowest BCUT2D eigenvalue weighted by molar-refractivity contribution is -0.139. The van der Waals surface area contributed by atoms with Crippen LogP contribution in [-0.2, 0) is 9.59 Å². The molecule has 2 unspecified atom stereocenters. The molecule has 176 valence electrons. The number of fused-ring (bicyclic) bond motifs is 1. The second-order valence-corrected chi connectivity index (χ2v) is 10.9. The van der Waals surface area contributed by atoms with Crippen LogP contribution >= 0.6 is 0 Å². The lowest BCUT2D eigenvalue weighted by Crippen LogP contribution is -2.55. The Labute approximate surface area is 198 Å². The van der Waals surface area contributed by atoms with E-state index in [0.29, 0.717) is 37.0 Å². The third-order valence-electron chi connectivity index (χ3n) is 8.42. The van der Waals surface area contributed by atoms with Crippen LogP contribution in [0.5, 0.6) is 0 Å². The van der Waals surface area contributed by atoms with E-state index < -0.39 is 5.54 Å². The molecule has 3 fully saturated rings. The van der Waals surface area contributed by atoms with E-state index in [1.54, 1.807) is 11.0 Å². The summed E-state index contributed by atoms with van der Waals surface area (Å²) in [7, 11) is 0. The fraction of sp³-hybridized carbons (Fsp3) is 0.519. The summed E-state index contributed by atoms with van der Waals surface area (Å²) in [4.78, 5) is 33.8. The molecule has 1 N–H and O–H groups in total. The van der Waals surface area contributed by atoms with Gasteiger partial charge in [0, 0.05) is 43.1 Å². The van der Waals surface area contributed by atoms with E-state index in [-0.39, 0.29) is 35.4 Å². The van der Waals surface area contributed by atoms with Crippen LogP contribution in [0.15, 0.2) is 47.2 Å². The molecule has 2 amide bonds. The van der Waals surface area contributed by atoms with Crippen molar-refractivity contribution in [2.45, 2.75) is 50.0 Å². The van der Waals surface area contributed by atoms with Crippen LogP contribution in [0.1, 0.15) is 55.6 Å². The number of amides is 2. The van der Waals surface area contributed by atoms with Crippen LogP contribution in [0.4, 0.5) is 4.39 Å². The van der Waals surface area contributed by atoms with Crippen molar-refractivity contribution >= 4 is 17.6 Å². The Kier molecular flexibility index (Phi) is 4.36. The van der Waals surface area contributed by atoms with Gasteiger partial charge in [0.25, 0.3) is 5.91 Å². The highest BCUT2D eigenvalue weighted by molar-refractivity contribution is 6.16. The smallest absolute Gasteiger partial charge is 0.256 e. The molecule has 3 aliphatic carbocycles. The van der Waals surface area contributed by atoms with Gasteiger partial charge in [0.1, 0.15) is 17.2 Å². The summed E-state index contributed by atoms with van der Waals surface area (Å²) in [5.41, 5.74) is 2.01. The minimum absolute atomic E-state index is 0.00316. The van der Waals surface area contributed by atoms with E-state index in [9.17, 15) is 9.59 Å². The number of allylic oxidation sites excluding steroid dienone is 2. The van der Waals surface area contributed by atoms with Gasteiger partial charge in [-0.1, -0.05) is 18.2 Å². The monoisotopic (exact) mass is 460 g/mol. The average molecular weight is 461 g/mol. The molecular weight excluding hydrogens is 431 g/mol. The van der Waals surface area contributed by atoms with E-state index in [1.807, 2.05) is 23.2 Å². The second-order valence-electron chi connectivity index (χ2n) is 10.9. The van der Waals surface area contributed by atoms with Crippen LogP contribution in [0, 0.1) is 23.6 Å². The molecule has 6 nitrogen and oxygen atoms in total. The van der Waals surface area contributed by atoms with Crippen LogP contribution in [-0.4, -0.2) is 52.6 Å². The van der Waals surface area contributed by atoms with Gasteiger partial charge in [0.2, 0.25) is 5.91 Å². The number of nitrogens with zero attached hydrogens (tertiary/aromatic N) is 3. The van der Waals surface area contributed by atoms with Gasteiger partial charge in [-0.15, -0.1) is 0 Å². The van der Waals surface area contributed by atoms with Crippen molar-refractivity contribution < 1.29 is 14.0 Å². The zero-order chi connectivity index (χ0) is 23.0. The Bertz CT molecular complexity index is 1170. The molecule has 1 aromatic rings. The lowest BCUT2D eigenvalue weighted by Gasteiger charge is -2.41. The molecule has 7 heteroatoms. The Balaban J connectivity index is 1.10. The van der Waals surface area contributed by atoms with Crippen molar-refractivity contribution in [2.75, 3.05) is 19.6 Å². The lowest BCUT2D eigenvalue weighted by atomic mass is 9.81. The Morgan fingerprint density at radius 1 is 1.24 bits per heavy atom. The normalized spacial score (nSPS) is 29.0. The minimum Gasteiger partial charge on any atom is -0.365 e. The summed E-state index contributed by atoms with van der Waals surface area (Å²) in [6.45, 7) is 1.87. The van der Waals surface area contributed by atoms with Gasteiger partial charge in [0.05, 0.1) is 5.56 Å². The van der Waals surface area contributed by atoms with E-state index in [2.05, 4.69) is 17.5 Å². The number of rotatable bonds is 5. The van der Waals surface area contributed by atoms with E-state index in [0.717, 1.165) is 44.1 Å². The van der Waals surface area contributed by atoms with Gasteiger partial charge in [0.15, 0.2) is 0 Å². The number of hydrogen-bond acceptors (Lipinski definition) is 4. The summed E-state index contributed by atoms with van der Waals surface area (Å²) in [5.74, 6) is 1.55. The highest BCUT2D eigenvalue weighted by atomic mass is 19.1. The Hall–Kier alpha value is -2.96. The summed E-state index contributed by atoms with van der Waals surface area (Å²) in [6.07, 6.45) is 11.7. The number of carbonyl (C=O) groups is 2. The molecule has 7 rings (SSSR count). The number of aliphatic imine (C=N–C) groups is 1. The molecule has 1 spiro atoms. The number of likely N-dealkylation sites (tertiary alicyclic amines) is 1. The highest BCUT2D eigenvalue weighted by Gasteiger charge is 2.58. The SMILES string of the molecule is O=C(C1CC1)N1CC(CN2C(=O)C3(CC3)N=C2c2ccc(C3CC=C4NC=CC4C3)cc2F)C1. The van der Waals surface area contributed by atoms with Crippen molar-refractivity contribution in [3.05, 3.63) is 59.2 Å². The van der Waals surface area contributed by atoms with Crippen LogP contribution < -0.4 is 5.32 Å². The maximum atomic E-state index is 15.5. The molecule has 2 atom stereocenters. The van der Waals surface area contributed by atoms with Gasteiger partial charge < -0.3 is 10.2 Å². The van der Waals surface area contributed by atoms with Crippen LogP contribution in [0.25, 0.3) is 0 Å². The first kappa shape index (κ1) is 20.4. The number of nitrogens with one attached hydrogen (secondary N) is 1. The molecule has 0 radical (unpaired) electrons. The topological polar surface area (TPSA) is 65.0 Å². The maximum absolute atomic E-state index is 15.5. The van der Waals surface area contributed by atoms with Crippen molar-refractivity contribution in [1.29, 1.82) is 0 Å². The molecule has 2 saturated carbocycles. The summed E-state index contributed by atoms with van der Waals surface area (Å²) >= 11 is 0. The minimum atomic E-state index is -0.667. The third-order valence-corrected chi connectivity index (χ3v) is 8.42. The predicted octanol–water partition coefficient (Wildman–Crippen LogP) is 3.31. The van der Waals surface area contributed by atoms with Crippen molar-refractivity contribution in [1.82, 2.24) is 15.1 Å². The molecule has 1 saturated heterocycles. The first-order valence-corrected chi connectivity index (χ1v) is 12.6. The van der Waals surface area contributed by atoms with Crippen molar-refractivity contribution in [3.63, 3.8) is 0 Å². The van der Waals surface area contributed by atoms with Gasteiger partial charge in [-0.2, -0.15) is 0 Å². The van der Waals surface area contributed by atoms with Gasteiger partial charge in [-0.3, -0.25) is 19.5 Å². The zero-order valence-electron chi connectivity index (χ0n) is 19.2. The predicted molar refractivity (Wildman–Crippen MR) is 125 cm³/mol. The van der Waals surface area contributed by atoms with Gasteiger partial charge in [-0.25, -0.2) is 4.39 Å². The van der Waals surface area contributed by atoms with Gasteiger partial charge in [-0.05, 0) is 68.3 Å². The molecule has 0 bridgehead atoms. The molecule has 6 aliphatic rings. The first-order valence-electron chi connectivity index (χ1n) is 12.6. The second kappa shape index (κ2) is 7.27. The summed E-state index contributed by atoms with van der Waals surface area (Å²) in [5, 5.41) is 3.28. The summed E-state index contributed by atoms with van der Waals surface area (Å²) < 4.78 is 15.5. The fourth-order valence-corrected chi connectivity index (χ4v) is 5.99. The average Bonchev–Trinajstić information content (AvgIpc) is 3.72. The quantitative estimate of drug-likeness (QED) is 0.733. The van der Waals surface area contributed by atoms with Crippen LogP contribution in [0.2, 0.25) is 0 Å².